The maximum atomic E-state index is 13.1. The van der Waals surface area contributed by atoms with Gasteiger partial charge in [0.2, 0.25) is 0 Å². The van der Waals surface area contributed by atoms with Crippen LogP contribution >= 0.6 is 0 Å². The van der Waals surface area contributed by atoms with Gasteiger partial charge in [-0.25, -0.2) is 9.38 Å². The van der Waals surface area contributed by atoms with E-state index in [1.807, 2.05) is 18.2 Å². The molecule has 5 N–H and O–H groups in total. The first-order chi connectivity index (χ1) is 12.6. The number of rotatable bonds is 7. The number of hydrogen-bond donors (Lipinski definition) is 3. The van der Waals surface area contributed by atoms with Gasteiger partial charge >= 0.3 is 0 Å². The van der Waals surface area contributed by atoms with Crippen molar-refractivity contribution in [3.63, 3.8) is 0 Å². The summed E-state index contributed by atoms with van der Waals surface area (Å²) in [5.41, 5.74) is 15.5. The van der Waals surface area contributed by atoms with Crippen molar-refractivity contribution in [3.8, 4) is 11.1 Å². The Morgan fingerprint density at radius 2 is 1.92 bits per heavy atom. The number of fused-ring (bicyclic) bond motifs is 1. The van der Waals surface area contributed by atoms with E-state index in [0.29, 0.717) is 25.2 Å². The van der Waals surface area contributed by atoms with E-state index in [-0.39, 0.29) is 17.8 Å². The molecule has 2 aromatic rings. The summed E-state index contributed by atoms with van der Waals surface area (Å²) in [5, 5.41) is 2.84. The summed E-state index contributed by atoms with van der Waals surface area (Å²) in [6.07, 6.45) is 2.13. The molecule has 1 unspecified atom stereocenters. The molecule has 1 atom stereocenters. The molecule has 0 radical (unpaired) electrons. The molecule has 0 spiro atoms. The first-order valence-electron chi connectivity index (χ1n) is 8.77. The van der Waals surface area contributed by atoms with Crippen LogP contribution in [0.15, 0.2) is 47.5 Å². The Balaban J connectivity index is 1.66. The Morgan fingerprint density at radius 1 is 1.19 bits per heavy atom. The van der Waals surface area contributed by atoms with Crippen molar-refractivity contribution < 1.29 is 9.18 Å². The maximum absolute atomic E-state index is 13.1. The van der Waals surface area contributed by atoms with Crippen LogP contribution in [0.5, 0.6) is 0 Å². The monoisotopic (exact) mass is 354 g/mol. The minimum atomic E-state index is -0.267. The normalized spacial score (nSPS) is 13.9. The Bertz CT molecular complexity index is 817. The number of aliphatic imine (C=N–C) groups is 1. The molecule has 3 rings (SSSR count). The molecule has 1 heterocycles. The van der Waals surface area contributed by atoms with Crippen molar-refractivity contribution >= 4 is 17.3 Å². The molecule has 0 fully saturated rings. The zero-order valence-corrected chi connectivity index (χ0v) is 14.5. The van der Waals surface area contributed by atoms with Gasteiger partial charge < -0.3 is 16.8 Å². The summed E-state index contributed by atoms with van der Waals surface area (Å²) in [5.74, 6) is -0.454. The van der Waals surface area contributed by atoms with Crippen molar-refractivity contribution in [1.29, 1.82) is 0 Å². The van der Waals surface area contributed by atoms with Gasteiger partial charge in [0.05, 0.1) is 5.69 Å². The lowest BCUT2D eigenvalue weighted by Gasteiger charge is -2.11. The summed E-state index contributed by atoms with van der Waals surface area (Å²) in [6, 6.07) is 12.1. The van der Waals surface area contributed by atoms with Crippen LogP contribution in [0.2, 0.25) is 0 Å². The number of carbonyl (C=O) groups is 1. The summed E-state index contributed by atoms with van der Waals surface area (Å²) < 4.78 is 13.1. The fourth-order valence-electron chi connectivity index (χ4n) is 2.94. The van der Waals surface area contributed by atoms with Gasteiger partial charge in [-0.3, -0.25) is 4.79 Å². The van der Waals surface area contributed by atoms with E-state index in [2.05, 4.69) is 10.3 Å². The smallest absolute Gasteiger partial charge is 0.266 e. The van der Waals surface area contributed by atoms with Gasteiger partial charge in [0, 0.05) is 19.0 Å². The molecule has 0 saturated carbocycles. The molecule has 1 aliphatic heterocycles. The Morgan fingerprint density at radius 3 is 2.65 bits per heavy atom. The fourth-order valence-corrected chi connectivity index (χ4v) is 2.94. The molecule has 1 amide bonds. The number of carbonyl (C=O) groups excluding carboxylic acids is 1. The highest BCUT2D eigenvalue weighted by atomic mass is 19.1. The molecule has 6 heteroatoms. The quantitative estimate of drug-likeness (QED) is 0.712. The maximum Gasteiger partial charge on any atom is 0.266 e. The zero-order chi connectivity index (χ0) is 18.5. The van der Waals surface area contributed by atoms with Crippen molar-refractivity contribution in [3.05, 3.63) is 53.8 Å². The van der Waals surface area contributed by atoms with E-state index >= 15 is 0 Å². The second-order valence-corrected chi connectivity index (χ2v) is 6.49. The summed E-state index contributed by atoms with van der Waals surface area (Å²) in [7, 11) is 0. The third-order valence-corrected chi connectivity index (χ3v) is 4.44. The van der Waals surface area contributed by atoms with E-state index < -0.39 is 0 Å². The molecular weight excluding hydrogens is 331 g/mol. The predicted molar refractivity (Wildman–Crippen MR) is 102 cm³/mol. The molecule has 1 aliphatic rings. The average Bonchev–Trinajstić information content (AvgIpc) is 3.08. The molecule has 5 nitrogen and oxygen atoms in total. The number of nitrogens with zero attached hydrogens (tertiary/aromatic N) is 1. The van der Waals surface area contributed by atoms with Gasteiger partial charge in [-0.05, 0) is 54.3 Å². The minimum absolute atomic E-state index is 0.100. The molecule has 0 aliphatic carbocycles. The number of nitrogens with one attached hydrogen (secondary N) is 1. The summed E-state index contributed by atoms with van der Waals surface area (Å²) in [6.45, 7) is 1.01. The molecule has 0 aromatic heterocycles. The van der Waals surface area contributed by atoms with Gasteiger partial charge in [0.25, 0.3) is 5.91 Å². The van der Waals surface area contributed by atoms with Gasteiger partial charge in [0.15, 0.2) is 0 Å². The molecule has 26 heavy (non-hydrogen) atoms. The minimum Gasteiger partial charge on any atom is -0.349 e. The third-order valence-electron chi connectivity index (χ3n) is 4.44. The number of nitrogens with two attached hydrogens (primary N) is 2. The number of hydrogen-bond acceptors (Lipinski definition) is 4. The van der Waals surface area contributed by atoms with Crippen LogP contribution in [-0.4, -0.2) is 30.8 Å². The molecule has 2 aromatic carbocycles. The fraction of sp³-hybridized carbons (Fsp3) is 0.300. The van der Waals surface area contributed by atoms with Crippen LogP contribution in [0.25, 0.3) is 11.1 Å². The number of benzene rings is 2. The van der Waals surface area contributed by atoms with Crippen molar-refractivity contribution in [2.45, 2.75) is 25.3 Å². The highest BCUT2D eigenvalue weighted by molar-refractivity contribution is 6.40. The van der Waals surface area contributed by atoms with Crippen molar-refractivity contribution in [2.24, 2.45) is 16.5 Å². The average molecular weight is 354 g/mol. The van der Waals surface area contributed by atoms with Gasteiger partial charge in [0.1, 0.15) is 11.5 Å². The van der Waals surface area contributed by atoms with Crippen molar-refractivity contribution in [2.75, 3.05) is 13.1 Å². The highest BCUT2D eigenvalue weighted by Gasteiger charge is 2.21. The first kappa shape index (κ1) is 18.2. The zero-order valence-electron chi connectivity index (χ0n) is 14.5. The molecule has 0 bridgehead atoms. The van der Waals surface area contributed by atoms with E-state index in [1.54, 1.807) is 12.1 Å². The summed E-state index contributed by atoms with van der Waals surface area (Å²) in [4.78, 5) is 16.8. The lowest BCUT2D eigenvalue weighted by Crippen LogP contribution is -2.40. The standard InChI is InChI=1S/C20H23FN4O/c21-16-7-5-13(6-8-16)14-3-4-15-11-19(25-18(15)10-14)20(26)24-12-17(23)2-1-9-22/h3-8,10,17H,1-2,9,11-12,22-23H2,(H,24,26). The number of amides is 1. The largest absolute Gasteiger partial charge is 0.349 e. The van der Waals surface area contributed by atoms with Crippen LogP contribution in [0.1, 0.15) is 18.4 Å². The Kier molecular flexibility index (Phi) is 5.75. The van der Waals surface area contributed by atoms with Gasteiger partial charge in [-0.15, -0.1) is 0 Å². The lowest BCUT2D eigenvalue weighted by molar-refractivity contribution is -0.114. The van der Waals surface area contributed by atoms with Gasteiger partial charge in [-0.1, -0.05) is 24.3 Å². The molecule has 0 saturated heterocycles. The topological polar surface area (TPSA) is 93.5 Å². The van der Waals surface area contributed by atoms with E-state index in [0.717, 1.165) is 35.2 Å². The summed E-state index contributed by atoms with van der Waals surface area (Å²) >= 11 is 0. The number of halogens is 1. The van der Waals surface area contributed by atoms with Crippen LogP contribution in [0.4, 0.5) is 10.1 Å². The molecule has 136 valence electrons. The first-order valence-corrected chi connectivity index (χ1v) is 8.77. The highest BCUT2D eigenvalue weighted by Crippen LogP contribution is 2.32. The van der Waals surface area contributed by atoms with E-state index in [1.165, 1.54) is 12.1 Å². The van der Waals surface area contributed by atoms with E-state index in [9.17, 15) is 9.18 Å². The van der Waals surface area contributed by atoms with Crippen LogP contribution in [0, 0.1) is 5.82 Å². The molecular formula is C20H23FN4O. The van der Waals surface area contributed by atoms with Crippen LogP contribution in [0.3, 0.4) is 0 Å². The van der Waals surface area contributed by atoms with Crippen LogP contribution in [-0.2, 0) is 11.2 Å². The SMILES string of the molecule is NCCCC(N)CNC(=O)C1=Nc2cc(-c3ccc(F)cc3)ccc2C1. The second kappa shape index (κ2) is 8.21. The third kappa shape index (κ3) is 4.33. The lowest BCUT2D eigenvalue weighted by atomic mass is 10.0. The van der Waals surface area contributed by atoms with Crippen molar-refractivity contribution in [1.82, 2.24) is 5.32 Å². The van der Waals surface area contributed by atoms with Gasteiger partial charge in [-0.2, -0.15) is 0 Å². The van der Waals surface area contributed by atoms with E-state index in [4.69, 9.17) is 11.5 Å². The van der Waals surface area contributed by atoms with Crippen LogP contribution < -0.4 is 16.8 Å². The predicted octanol–water partition coefficient (Wildman–Crippen LogP) is 2.30. The Labute approximate surface area is 152 Å². The second-order valence-electron chi connectivity index (χ2n) is 6.49. The Hall–Kier alpha value is -2.57.